The third-order valence-electron chi connectivity index (χ3n) is 6.22. The number of aromatic nitrogens is 1. The Hall–Kier alpha value is -4.04. The van der Waals surface area contributed by atoms with Crippen LogP contribution in [-0.4, -0.2) is 34.2 Å². The Morgan fingerprint density at radius 2 is 1.82 bits per heavy atom. The number of aliphatic hydroxyl groups excluding tert-OH is 1. The van der Waals surface area contributed by atoms with Crippen LogP contribution >= 0.6 is 11.3 Å². The van der Waals surface area contributed by atoms with Gasteiger partial charge in [0, 0.05) is 6.92 Å². The third kappa shape index (κ3) is 5.75. The molecule has 3 aromatic rings. The molecular weight excluding hydrogens is 500 g/mol. The number of benzene rings is 2. The summed E-state index contributed by atoms with van der Waals surface area (Å²) in [7, 11) is 0. The number of ether oxygens (including phenoxy) is 1. The lowest BCUT2D eigenvalue weighted by atomic mass is 9.95. The van der Waals surface area contributed by atoms with Crippen LogP contribution in [0.15, 0.2) is 72.0 Å². The average Bonchev–Trinajstić information content (AvgIpc) is 3.43. The van der Waals surface area contributed by atoms with E-state index in [2.05, 4.69) is 11.9 Å². The summed E-state index contributed by atoms with van der Waals surface area (Å²) in [5.41, 5.74) is 1.86. The predicted octanol–water partition coefficient (Wildman–Crippen LogP) is 6.41. The van der Waals surface area contributed by atoms with Gasteiger partial charge < -0.3 is 9.84 Å². The normalized spacial score (nSPS) is 15.5. The number of nitrogens with zero attached hydrogens (tertiary/aromatic N) is 2. The second-order valence-electron chi connectivity index (χ2n) is 9.04. The number of amides is 1. The molecule has 1 aromatic heterocycles. The molecule has 2 aromatic carbocycles. The molecule has 0 saturated heterocycles. The van der Waals surface area contributed by atoms with E-state index in [1.807, 2.05) is 30.3 Å². The molecule has 0 radical (unpaired) electrons. The Balaban J connectivity index is 1.72. The van der Waals surface area contributed by atoms with E-state index >= 15 is 0 Å². The fourth-order valence-corrected chi connectivity index (χ4v) is 5.28. The van der Waals surface area contributed by atoms with Crippen LogP contribution in [0.4, 0.5) is 5.13 Å². The van der Waals surface area contributed by atoms with Gasteiger partial charge >= 0.3 is 0 Å². The third-order valence-corrected chi connectivity index (χ3v) is 7.48. The first-order valence-corrected chi connectivity index (χ1v) is 13.4. The van der Waals surface area contributed by atoms with Crippen molar-refractivity contribution in [3.8, 4) is 5.75 Å². The largest absolute Gasteiger partial charge is 0.503 e. The van der Waals surface area contributed by atoms with Crippen LogP contribution in [0.3, 0.4) is 0 Å². The zero-order chi connectivity index (χ0) is 27.2. The fraction of sp³-hybridized carbons (Fsp3) is 0.267. The summed E-state index contributed by atoms with van der Waals surface area (Å²) in [6.07, 6.45) is 6.12. The SMILES string of the molecule is CCCCCOc1ccc(C2C(C(=O)C=Cc3ccccc3)=C(O)C(=O)N2c2nc(C)c(C(C)=O)s2)cc1. The Bertz CT molecular complexity index is 1390. The molecule has 0 spiro atoms. The molecule has 0 bridgehead atoms. The first kappa shape index (κ1) is 27.0. The van der Waals surface area contributed by atoms with Crippen LogP contribution in [0.1, 0.15) is 65.6 Å². The number of carbonyl (C=O) groups excluding carboxylic acids is 3. The summed E-state index contributed by atoms with van der Waals surface area (Å²) in [5, 5.41) is 11.2. The molecule has 4 rings (SSSR count). The molecule has 1 N–H and O–H groups in total. The topological polar surface area (TPSA) is 96.8 Å². The number of unbranched alkanes of at least 4 members (excludes halogenated alkanes) is 2. The molecular formula is C30H30N2O5S. The summed E-state index contributed by atoms with van der Waals surface area (Å²) in [6.45, 7) is 5.86. The van der Waals surface area contributed by atoms with Crippen molar-refractivity contribution >= 4 is 40.0 Å². The number of hydrogen-bond acceptors (Lipinski definition) is 7. The van der Waals surface area contributed by atoms with Gasteiger partial charge in [0.05, 0.1) is 28.8 Å². The van der Waals surface area contributed by atoms with E-state index in [4.69, 9.17) is 4.74 Å². The average molecular weight is 531 g/mol. The highest BCUT2D eigenvalue weighted by Gasteiger charge is 2.45. The highest BCUT2D eigenvalue weighted by atomic mass is 32.1. The van der Waals surface area contributed by atoms with E-state index in [9.17, 15) is 19.5 Å². The zero-order valence-corrected chi connectivity index (χ0v) is 22.5. The summed E-state index contributed by atoms with van der Waals surface area (Å²) in [4.78, 5) is 45.0. The molecule has 0 aliphatic carbocycles. The van der Waals surface area contributed by atoms with Crippen molar-refractivity contribution in [2.45, 2.75) is 46.1 Å². The summed E-state index contributed by atoms with van der Waals surface area (Å²) in [5.74, 6) is -1.36. The van der Waals surface area contributed by atoms with Gasteiger partial charge in [0.15, 0.2) is 22.5 Å². The number of hydrogen-bond donors (Lipinski definition) is 1. The highest BCUT2D eigenvalue weighted by molar-refractivity contribution is 7.17. The van der Waals surface area contributed by atoms with Crippen LogP contribution in [0, 0.1) is 6.92 Å². The molecule has 1 atom stereocenters. The Morgan fingerprint density at radius 3 is 2.45 bits per heavy atom. The van der Waals surface area contributed by atoms with Crippen LogP contribution in [0.2, 0.25) is 0 Å². The van der Waals surface area contributed by atoms with Crippen molar-refractivity contribution in [2.24, 2.45) is 0 Å². The maximum absolute atomic E-state index is 13.4. The molecule has 1 aliphatic heterocycles. The van der Waals surface area contributed by atoms with Crippen molar-refractivity contribution in [1.29, 1.82) is 0 Å². The number of aliphatic hydroxyl groups is 1. The van der Waals surface area contributed by atoms with E-state index in [-0.39, 0.29) is 16.5 Å². The Kier molecular flexibility index (Phi) is 8.53. The molecule has 38 heavy (non-hydrogen) atoms. The van der Waals surface area contributed by atoms with E-state index in [0.717, 1.165) is 36.2 Å². The molecule has 7 nitrogen and oxygen atoms in total. The van der Waals surface area contributed by atoms with E-state index in [0.29, 0.717) is 28.5 Å². The fourth-order valence-electron chi connectivity index (χ4n) is 4.30. The van der Waals surface area contributed by atoms with Gasteiger partial charge in [-0.2, -0.15) is 0 Å². The molecule has 8 heteroatoms. The van der Waals surface area contributed by atoms with E-state index in [1.54, 1.807) is 37.3 Å². The lowest BCUT2D eigenvalue weighted by Crippen LogP contribution is -2.30. The number of carbonyl (C=O) groups is 3. The highest BCUT2D eigenvalue weighted by Crippen LogP contribution is 2.43. The van der Waals surface area contributed by atoms with Gasteiger partial charge in [-0.1, -0.05) is 79.6 Å². The van der Waals surface area contributed by atoms with Gasteiger partial charge in [-0.15, -0.1) is 0 Å². The lowest BCUT2D eigenvalue weighted by Gasteiger charge is -2.24. The van der Waals surface area contributed by atoms with Crippen molar-refractivity contribution < 1.29 is 24.2 Å². The van der Waals surface area contributed by atoms with Crippen LogP contribution in [-0.2, 0) is 9.59 Å². The molecule has 1 aliphatic rings. The summed E-state index contributed by atoms with van der Waals surface area (Å²) >= 11 is 1.06. The number of thiazole rings is 1. The second-order valence-corrected chi connectivity index (χ2v) is 10.0. The number of allylic oxidation sites excluding steroid dienone is 1. The minimum absolute atomic E-state index is 0.0453. The number of Topliss-reactive ketones (excluding diaryl/α,β-unsaturated/α-hetero) is 1. The number of rotatable bonds is 11. The van der Waals surface area contributed by atoms with Gasteiger partial charge in [0.2, 0.25) is 0 Å². The minimum Gasteiger partial charge on any atom is -0.503 e. The van der Waals surface area contributed by atoms with Crippen molar-refractivity contribution in [3.63, 3.8) is 0 Å². The van der Waals surface area contributed by atoms with Gasteiger partial charge in [0.25, 0.3) is 5.91 Å². The first-order valence-electron chi connectivity index (χ1n) is 12.6. The van der Waals surface area contributed by atoms with Gasteiger partial charge in [-0.3, -0.25) is 19.3 Å². The van der Waals surface area contributed by atoms with E-state index in [1.165, 1.54) is 17.9 Å². The number of ketones is 2. The summed E-state index contributed by atoms with van der Waals surface area (Å²) < 4.78 is 5.82. The van der Waals surface area contributed by atoms with Crippen LogP contribution < -0.4 is 9.64 Å². The van der Waals surface area contributed by atoms with Crippen LogP contribution in [0.25, 0.3) is 6.08 Å². The Morgan fingerprint density at radius 1 is 1.11 bits per heavy atom. The van der Waals surface area contributed by atoms with Crippen molar-refractivity contribution in [3.05, 3.63) is 93.7 Å². The number of aryl methyl sites for hydroxylation is 1. The molecule has 0 saturated carbocycles. The van der Waals surface area contributed by atoms with Gasteiger partial charge in [0.1, 0.15) is 5.75 Å². The Labute approximate surface area is 226 Å². The molecule has 1 unspecified atom stereocenters. The number of anilines is 1. The maximum atomic E-state index is 13.4. The summed E-state index contributed by atoms with van der Waals surface area (Å²) in [6, 6.07) is 15.5. The predicted molar refractivity (Wildman–Crippen MR) is 149 cm³/mol. The first-order chi connectivity index (χ1) is 18.3. The molecule has 0 fully saturated rings. The minimum atomic E-state index is -0.921. The standard InChI is InChI=1S/C30H30N2O5S/c1-4-5-9-18-37-23-15-13-22(14-16-23)26-25(24(34)17-12-21-10-7-6-8-11-21)27(35)29(36)32(26)30-31-19(2)28(38-30)20(3)33/h6-8,10-17,26,35H,4-5,9,18H2,1-3H3. The van der Waals surface area contributed by atoms with E-state index < -0.39 is 23.5 Å². The van der Waals surface area contributed by atoms with Crippen molar-refractivity contribution in [2.75, 3.05) is 11.5 Å². The zero-order valence-electron chi connectivity index (χ0n) is 21.6. The molecule has 1 amide bonds. The lowest BCUT2D eigenvalue weighted by molar-refractivity contribution is -0.117. The monoisotopic (exact) mass is 530 g/mol. The molecule has 196 valence electrons. The smallest absolute Gasteiger partial charge is 0.296 e. The van der Waals surface area contributed by atoms with Crippen molar-refractivity contribution in [1.82, 2.24) is 4.98 Å². The van der Waals surface area contributed by atoms with Crippen LogP contribution in [0.5, 0.6) is 5.75 Å². The maximum Gasteiger partial charge on any atom is 0.296 e. The quantitative estimate of drug-likeness (QED) is 0.175. The van der Waals surface area contributed by atoms with Gasteiger partial charge in [-0.05, 0) is 42.7 Å². The molecule has 2 heterocycles. The van der Waals surface area contributed by atoms with Gasteiger partial charge in [-0.25, -0.2) is 4.98 Å². The second kappa shape index (κ2) is 12.0.